The number of aromatic nitrogens is 1. The first-order valence-electron chi connectivity index (χ1n) is 7.98. The van der Waals surface area contributed by atoms with Crippen molar-refractivity contribution in [1.82, 2.24) is 15.4 Å². The minimum atomic E-state index is 0.0526. The first kappa shape index (κ1) is 17.0. The second-order valence-corrected chi connectivity index (χ2v) is 6.62. The fourth-order valence-corrected chi connectivity index (χ4v) is 3.11. The van der Waals surface area contributed by atoms with E-state index in [4.69, 9.17) is 9.26 Å². The Kier molecular flexibility index (Phi) is 5.52. The summed E-state index contributed by atoms with van der Waals surface area (Å²) in [7, 11) is 0. The van der Waals surface area contributed by atoms with Crippen LogP contribution in [0.4, 0.5) is 0 Å². The fraction of sp³-hybridized carbons (Fsp3) is 0.412. The van der Waals surface area contributed by atoms with Crippen LogP contribution >= 0.6 is 15.9 Å². The molecular weight excluding hydrogens is 374 g/mol. The van der Waals surface area contributed by atoms with Gasteiger partial charge in [-0.25, -0.2) is 0 Å². The molecule has 0 aliphatic carbocycles. The number of benzene rings is 1. The number of hydrogen-bond donors (Lipinski definition) is 1. The zero-order valence-corrected chi connectivity index (χ0v) is 15.1. The molecule has 1 saturated heterocycles. The quantitative estimate of drug-likeness (QED) is 0.864. The molecule has 128 valence electrons. The monoisotopic (exact) mass is 393 g/mol. The van der Waals surface area contributed by atoms with Crippen LogP contribution in [0.3, 0.4) is 0 Å². The van der Waals surface area contributed by atoms with Gasteiger partial charge in [0.1, 0.15) is 12.4 Å². The standard InChI is InChI=1S/C17H20BrN3O3/c1-12-9-14(24-20-12)11-23-16-4-3-13(10-15(16)18)17(22)21-7-2-5-19-6-8-21/h3-4,9-10,19H,2,5-8,11H2,1H3. The van der Waals surface area contributed by atoms with E-state index in [1.165, 1.54) is 0 Å². The van der Waals surface area contributed by atoms with Gasteiger partial charge in [-0.1, -0.05) is 5.16 Å². The van der Waals surface area contributed by atoms with E-state index in [1.807, 2.05) is 24.0 Å². The number of carbonyl (C=O) groups is 1. The van der Waals surface area contributed by atoms with Gasteiger partial charge in [-0.05, 0) is 54.0 Å². The highest BCUT2D eigenvalue weighted by atomic mass is 79.9. The van der Waals surface area contributed by atoms with Gasteiger partial charge in [-0.2, -0.15) is 0 Å². The number of amides is 1. The molecule has 1 N–H and O–H groups in total. The highest BCUT2D eigenvalue weighted by Gasteiger charge is 2.18. The van der Waals surface area contributed by atoms with Crippen molar-refractivity contribution in [2.24, 2.45) is 0 Å². The first-order valence-corrected chi connectivity index (χ1v) is 8.77. The molecule has 1 aliphatic heterocycles. The Balaban J connectivity index is 1.66. The Hall–Kier alpha value is -1.86. The molecule has 0 bridgehead atoms. The van der Waals surface area contributed by atoms with Gasteiger partial charge in [-0.3, -0.25) is 4.79 Å². The zero-order valence-electron chi connectivity index (χ0n) is 13.5. The second-order valence-electron chi connectivity index (χ2n) is 5.76. The van der Waals surface area contributed by atoms with Crippen molar-refractivity contribution < 1.29 is 14.1 Å². The maximum Gasteiger partial charge on any atom is 0.253 e. The number of nitrogens with one attached hydrogen (secondary N) is 1. The van der Waals surface area contributed by atoms with E-state index < -0.39 is 0 Å². The first-order chi connectivity index (χ1) is 11.6. The van der Waals surface area contributed by atoms with E-state index in [2.05, 4.69) is 26.4 Å². The Bertz CT molecular complexity index is 709. The van der Waals surface area contributed by atoms with Gasteiger partial charge >= 0.3 is 0 Å². The van der Waals surface area contributed by atoms with Gasteiger partial charge in [-0.15, -0.1) is 0 Å². The summed E-state index contributed by atoms with van der Waals surface area (Å²) in [6, 6.07) is 7.24. The lowest BCUT2D eigenvalue weighted by molar-refractivity contribution is 0.0766. The molecule has 2 heterocycles. The van der Waals surface area contributed by atoms with Crippen molar-refractivity contribution in [3.63, 3.8) is 0 Å². The van der Waals surface area contributed by atoms with Crippen molar-refractivity contribution >= 4 is 21.8 Å². The number of rotatable bonds is 4. The molecular formula is C17H20BrN3O3. The molecule has 1 aromatic heterocycles. The topological polar surface area (TPSA) is 67.6 Å². The molecule has 1 aromatic carbocycles. The Morgan fingerprint density at radius 1 is 1.38 bits per heavy atom. The molecule has 7 heteroatoms. The van der Waals surface area contributed by atoms with Crippen molar-refractivity contribution in [3.05, 3.63) is 45.8 Å². The lowest BCUT2D eigenvalue weighted by atomic mass is 10.2. The number of aryl methyl sites for hydroxylation is 1. The molecule has 3 rings (SSSR count). The Morgan fingerprint density at radius 2 is 2.25 bits per heavy atom. The lowest BCUT2D eigenvalue weighted by Crippen LogP contribution is -2.34. The minimum Gasteiger partial charge on any atom is -0.484 e. The van der Waals surface area contributed by atoms with E-state index >= 15 is 0 Å². The van der Waals surface area contributed by atoms with E-state index in [0.29, 0.717) is 23.7 Å². The largest absolute Gasteiger partial charge is 0.484 e. The lowest BCUT2D eigenvalue weighted by Gasteiger charge is -2.20. The number of halogens is 1. The normalized spacial score (nSPS) is 15.2. The van der Waals surface area contributed by atoms with Crippen LogP contribution in [-0.4, -0.2) is 42.1 Å². The maximum atomic E-state index is 12.6. The number of nitrogens with zero attached hydrogens (tertiary/aromatic N) is 2. The van der Waals surface area contributed by atoms with Crippen molar-refractivity contribution in [3.8, 4) is 5.75 Å². The van der Waals surface area contributed by atoms with Crippen LogP contribution in [0.25, 0.3) is 0 Å². The fourth-order valence-electron chi connectivity index (χ4n) is 2.62. The maximum absolute atomic E-state index is 12.6. The summed E-state index contributed by atoms with van der Waals surface area (Å²) in [5.41, 5.74) is 1.48. The number of carbonyl (C=O) groups excluding carboxylic acids is 1. The van der Waals surface area contributed by atoms with Gasteiger partial charge in [0.2, 0.25) is 0 Å². The molecule has 0 atom stereocenters. The molecule has 6 nitrogen and oxygen atoms in total. The summed E-state index contributed by atoms with van der Waals surface area (Å²) in [6.45, 7) is 5.48. The summed E-state index contributed by atoms with van der Waals surface area (Å²) in [5.74, 6) is 1.38. The van der Waals surface area contributed by atoms with E-state index in [1.54, 1.807) is 12.1 Å². The molecule has 24 heavy (non-hydrogen) atoms. The van der Waals surface area contributed by atoms with Crippen LogP contribution in [-0.2, 0) is 6.61 Å². The van der Waals surface area contributed by atoms with E-state index in [9.17, 15) is 4.79 Å². The summed E-state index contributed by atoms with van der Waals surface area (Å²) < 4.78 is 11.6. The van der Waals surface area contributed by atoms with E-state index in [0.717, 1.165) is 42.8 Å². The molecule has 1 aliphatic rings. The highest BCUT2D eigenvalue weighted by Crippen LogP contribution is 2.27. The van der Waals surface area contributed by atoms with Gasteiger partial charge in [0, 0.05) is 31.3 Å². The summed E-state index contributed by atoms with van der Waals surface area (Å²) in [6.07, 6.45) is 0.977. The van der Waals surface area contributed by atoms with E-state index in [-0.39, 0.29) is 5.91 Å². The van der Waals surface area contributed by atoms with Crippen molar-refractivity contribution in [1.29, 1.82) is 0 Å². The molecule has 1 fully saturated rings. The third kappa shape index (κ3) is 4.15. The number of hydrogen-bond acceptors (Lipinski definition) is 5. The Morgan fingerprint density at radius 3 is 3.00 bits per heavy atom. The molecule has 1 amide bonds. The molecule has 0 saturated carbocycles. The molecule has 0 radical (unpaired) electrons. The van der Waals surface area contributed by atoms with Gasteiger partial charge in [0.15, 0.2) is 5.76 Å². The average molecular weight is 394 g/mol. The summed E-state index contributed by atoms with van der Waals surface area (Å²) in [5, 5.41) is 7.13. The highest BCUT2D eigenvalue weighted by molar-refractivity contribution is 9.10. The third-order valence-corrected chi connectivity index (χ3v) is 4.47. The van der Waals surface area contributed by atoms with Crippen LogP contribution in [0.5, 0.6) is 5.75 Å². The predicted octanol–water partition coefficient (Wildman–Crippen LogP) is 2.76. The number of ether oxygens (including phenoxy) is 1. The predicted molar refractivity (Wildman–Crippen MR) is 93.1 cm³/mol. The molecule has 0 spiro atoms. The van der Waals surface area contributed by atoms with Gasteiger partial charge in [0.25, 0.3) is 5.91 Å². The average Bonchev–Trinajstić information content (AvgIpc) is 2.83. The SMILES string of the molecule is Cc1cc(COc2ccc(C(=O)N3CCCNCC3)cc2Br)on1. The van der Waals surface area contributed by atoms with Gasteiger partial charge in [0.05, 0.1) is 10.2 Å². The van der Waals surface area contributed by atoms with Crippen LogP contribution < -0.4 is 10.1 Å². The minimum absolute atomic E-state index is 0.0526. The van der Waals surface area contributed by atoms with Crippen LogP contribution in [0, 0.1) is 6.92 Å². The third-order valence-electron chi connectivity index (χ3n) is 3.85. The zero-order chi connectivity index (χ0) is 16.9. The molecule has 2 aromatic rings. The molecule has 0 unspecified atom stereocenters. The van der Waals surface area contributed by atoms with Crippen molar-refractivity contribution in [2.45, 2.75) is 20.0 Å². The van der Waals surface area contributed by atoms with Crippen LogP contribution in [0.1, 0.15) is 28.2 Å². The summed E-state index contributed by atoms with van der Waals surface area (Å²) >= 11 is 3.48. The van der Waals surface area contributed by atoms with Gasteiger partial charge < -0.3 is 19.5 Å². The van der Waals surface area contributed by atoms with Crippen molar-refractivity contribution in [2.75, 3.05) is 26.2 Å². The van der Waals surface area contributed by atoms with Crippen LogP contribution in [0.2, 0.25) is 0 Å². The van der Waals surface area contributed by atoms with Crippen LogP contribution in [0.15, 0.2) is 33.3 Å². The Labute approximate surface area is 149 Å². The smallest absolute Gasteiger partial charge is 0.253 e. The summed E-state index contributed by atoms with van der Waals surface area (Å²) in [4.78, 5) is 14.5. The second kappa shape index (κ2) is 7.81.